The monoisotopic (exact) mass is 167 g/mol. The summed E-state index contributed by atoms with van der Waals surface area (Å²) in [4.78, 5) is 3.81. The molecule has 0 radical (unpaired) electrons. The molecule has 1 nitrogen and oxygen atoms in total. The highest BCUT2D eigenvalue weighted by molar-refractivity contribution is 5.77. The zero-order valence-electron chi connectivity index (χ0n) is 8.80. The summed E-state index contributed by atoms with van der Waals surface area (Å²) in [5.41, 5.74) is 1.16. The van der Waals surface area contributed by atoms with Gasteiger partial charge in [0.2, 0.25) is 0 Å². The lowest BCUT2D eigenvalue weighted by atomic mass is 10.3. The van der Waals surface area contributed by atoms with Crippen LogP contribution < -0.4 is 0 Å². The van der Waals surface area contributed by atoms with Gasteiger partial charge in [-0.15, -0.1) is 13.2 Å². The largest absolute Gasteiger partial charge is 0.265 e. The first-order valence-electron chi connectivity index (χ1n) is 4.08. The highest BCUT2D eigenvalue weighted by Crippen LogP contribution is 1.84. The summed E-state index contributed by atoms with van der Waals surface area (Å²) in [6, 6.07) is 0. The summed E-state index contributed by atoms with van der Waals surface area (Å²) in [5.74, 6) is 0. The molecule has 0 spiro atoms. The van der Waals surface area contributed by atoms with Crippen molar-refractivity contribution >= 4 is 6.21 Å². The van der Waals surface area contributed by atoms with Crippen LogP contribution in [0.5, 0.6) is 0 Å². The molecule has 0 N–H and O–H groups in total. The Morgan fingerprint density at radius 1 is 1.25 bits per heavy atom. The lowest BCUT2D eigenvalue weighted by Crippen LogP contribution is -1.71. The minimum Gasteiger partial charge on any atom is -0.265 e. The molecule has 0 fully saturated rings. The number of aliphatic imine (C=N–C) groups is 1. The van der Waals surface area contributed by atoms with Crippen LogP contribution in [0.1, 0.15) is 27.7 Å². The van der Waals surface area contributed by atoms with Crippen molar-refractivity contribution in [2.45, 2.75) is 27.7 Å². The highest BCUT2D eigenvalue weighted by atomic mass is 14.6. The van der Waals surface area contributed by atoms with Crippen molar-refractivity contribution in [1.82, 2.24) is 0 Å². The summed E-state index contributed by atoms with van der Waals surface area (Å²) < 4.78 is 0. The van der Waals surface area contributed by atoms with Crippen LogP contribution in [0.15, 0.2) is 42.6 Å². The molecule has 0 rings (SSSR count). The molecule has 0 unspecified atom stereocenters. The Bertz CT molecular complexity index is 132. The first-order chi connectivity index (χ1) is 5.81. The molecular formula is C11H21N. The maximum Gasteiger partial charge on any atom is 0.0293 e. The van der Waals surface area contributed by atoms with Crippen LogP contribution in [-0.2, 0) is 0 Å². The quantitative estimate of drug-likeness (QED) is 0.435. The van der Waals surface area contributed by atoms with Gasteiger partial charge in [-0.2, -0.15) is 0 Å². The Morgan fingerprint density at radius 2 is 1.67 bits per heavy atom. The van der Waals surface area contributed by atoms with E-state index >= 15 is 0 Å². The first-order valence-corrected chi connectivity index (χ1v) is 4.08. The van der Waals surface area contributed by atoms with Gasteiger partial charge in [-0.1, -0.05) is 26.5 Å². The van der Waals surface area contributed by atoms with Gasteiger partial charge < -0.3 is 0 Å². The molecule has 0 atom stereocenters. The fourth-order valence-electron chi connectivity index (χ4n) is 0.245. The maximum atomic E-state index is 3.81. The average Bonchev–Trinajstić information content (AvgIpc) is 2.20. The van der Waals surface area contributed by atoms with Gasteiger partial charge in [0.1, 0.15) is 0 Å². The van der Waals surface area contributed by atoms with Crippen molar-refractivity contribution in [2.75, 3.05) is 0 Å². The van der Waals surface area contributed by atoms with Crippen molar-refractivity contribution in [2.24, 2.45) is 4.99 Å². The summed E-state index contributed by atoms with van der Waals surface area (Å²) in [6.45, 7) is 17.4. The topological polar surface area (TPSA) is 12.4 Å². The molecule has 0 aromatic rings. The van der Waals surface area contributed by atoms with E-state index in [9.17, 15) is 0 Å². The van der Waals surface area contributed by atoms with Crippen molar-refractivity contribution in [3.05, 3.63) is 37.6 Å². The summed E-state index contributed by atoms with van der Waals surface area (Å²) >= 11 is 0. The van der Waals surface area contributed by atoms with Crippen LogP contribution in [0, 0.1) is 0 Å². The van der Waals surface area contributed by atoms with Crippen LogP contribution in [-0.4, -0.2) is 6.21 Å². The lowest BCUT2D eigenvalue weighted by molar-refractivity contribution is 1.50. The van der Waals surface area contributed by atoms with Crippen molar-refractivity contribution in [1.29, 1.82) is 0 Å². The third-order valence-electron chi connectivity index (χ3n) is 0.839. The van der Waals surface area contributed by atoms with E-state index < -0.39 is 0 Å². The lowest BCUT2D eigenvalue weighted by Gasteiger charge is -1.81. The Balaban J connectivity index is -0.000000175. The molecule has 12 heavy (non-hydrogen) atoms. The van der Waals surface area contributed by atoms with E-state index in [-0.39, 0.29) is 0 Å². The normalized spacial score (nSPS) is 9.17. The van der Waals surface area contributed by atoms with E-state index in [2.05, 4.69) is 24.7 Å². The molecule has 0 heterocycles. The van der Waals surface area contributed by atoms with E-state index in [0.29, 0.717) is 0 Å². The van der Waals surface area contributed by atoms with E-state index in [0.717, 1.165) is 5.57 Å². The zero-order valence-corrected chi connectivity index (χ0v) is 8.80. The third-order valence-corrected chi connectivity index (χ3v) is 0.839. The fourth-order valence-corrected chi connectivity index (χ4v) is 0.245. The Hall–Kier alpha value is -1.11. The fraction of sp³-hybridized carbons (Fsp3) is 0.364. The van der Waals surface area contributed by atoms with E-state index in [1.165, 1.54) is 6.20 Å². The van der Waals surface area contributed by atoms with E-state index in [1.54, 1.807) is 6.21 Å². The van der Waals surface area contributed by atoms with Gasteiger partial charge in [0.25, 0.3) is 0 Å². The molecule has 0 aliphatic carbocycles. The minimum atomic E-state index is 1.16. The second kappa shape index (κ2) is 22.5. The van der Waals surface area contributed by atoms with Crippen molar-refractivity contribution < 1.29 is 0 Å². The molecule has 0 saturated carbocycles. The van der Waals surface area contributed by atoms with Crippen molar-refractivity contribution in [3.63, 3.8) is 0 Å². The van der Waals surface area contributed by atoms with Gasteiger partial charge in [0, 0.05) is 12.4 Å². The maximum absolute atomic E-state index is 3.81. The molecule has 0 saturated heterocycles. The minimum absolute atomic E-state index is 1.16. The third kappa shape index (κ3) is 23.1. The summed E-state index contributed by atoms with van der Waals surface area (Å²) in [6.07, 6.45) is 5.28. The standard InChI is InChI=1S/C7H11N.C2H6.C2H4/c1-4-7(3)6-8-5-2;2*1-2/h4-6H,2H2,1,3H3;1-2H3;1-2H2/b7-4-,8-6?;;. The number of hydrogen-bond donors (Lipinski definition) is 0. The van der Waals surface area contributed by atoms with E-state index in [1.807, 2.05) is 33.8 Å². The SMILES string of the molecule is C=C.C=CN=C/C(C)=C\C.CC. The Kier molecular flexibility index (Phi) is 32.1. The van der Waals surface area contributed by atoms with E-state index in [4.69, 9.17) is 0 Å². The molecular weight excluding hydrogens is 146 g/mol. The van der Waals surface area contributed by atoms with Gasteiger partial charge in [-0.25, -0.2) is 0 Å². The summed E-state index contributed by atoms with van der Waals surface area (Å²) in [5, 5.41) is 0. The number of rotatable bonds is 2. The van der Waals surface area contributed by atoms with Gasteiger partial charge in [-0.05, 0) is 19.4 Å². The predicted molar refractivity (Wildman–Crippen MR) is 60.7 cm³/mol. The van der Waals surface area contributed by atoms with Gasteiger partial charge in [0.15, 0.2) is 0 Å². The van der Waals surface area contributed by atoms with Crippen LogP contribution >= 0.6 is 0 Å². The molecule has 0 bridgehead atoms. The predicted octanol–water partition coefficient (Wildman–Crippen LogP) is 4.00. The first kappa shape index (κ1) is 17.1. The molecule has 70 valence electrons. The Morgan fingerprint density at radius 3 is 1.92 bits per heavy atom. The van der Waals surface area contributed by atoms with Crippen LogP contribution in [0.4, 0.5) is 0 Å². The average molecular weight is 167 g/mol. The van der Waals surface area contributed by atoms with Gasteiger partial charge >= 0.3 is 0 Å². The second-order valence-corrected chi connectivity index (χ2v) is 1.49. The zero-order chi connectivity index (χ0) is 10.4. The summed E-state index contributed by atoms with van der Waals surface area (Å²) in [7, 11) is 0. The second-order valence-electron chi connectivity index (χ2n) is 1.49. The molecule has 0 aromatic heterocycles. The van der Waals surface area contributed by atoms with Gasteiger partial charge in [-0.3, -0.25) is 4.99 Å². The molecule has 1 heteroatoms. The van der Waals surface area contributed by atoms with Crippen LogP contribution in [0.2, 0.25) is 0 Å². The highest BCUT2D eigenvalue weighted by Gasteiger charge is 1.72. The number of nitrogens with zero attached hydrogens (tertiary/aromatic N) is 1. The Labute approximate surface area is 77.2 Å². The van der Waals surface area contributed by atoms with Crippen LogP contribution in [0.3, 0.4) is 0 Å². The smallest absolute Gasteiger partial charge is 0.0293 e. The molecule has 0 aliphatic rings. The number of allylic oxidation sites excluding steroid dienone is 2. The number of hydrogen-bond acceptors (Lipinski definition) is 1. The molecule has 0 amide bonds. The van der Waals surface area contributed by atoms with Gasteiger partial charge in [0.05, 0.1) is 0 Å². The molecule has 0 aromatic carbocycles. The van der Waals surface area contributed by atoms with Crippen molar-refractivity contribution in [3.8, 4) is 0 Å². The van der Waals surface area contributed by atoms with Crippen LogP contribution in [0.25, 0.3) is 0 Å². The molecule has 0 aliphatic heterocycles.